The van der Waals surface area contributed by atoms with Crippen molar-refractivity contribution in [3.8, 4) is 0 Å². The number of ether oxygens (including phenoxy) is 1. The third-order valence-electron chi connectivity index (χ3n) is 4.93. The van der Waals surface area contributed by atoms with Crippen molar-refractivity contribution in [1.82, 2.24) is 4.90 Å². The summed E-state index contributed by atoms with van der Waals surface area (Å²) in [7, 11) is 0. The van der Waals surface area contributed by atoms with Crippen LogP contribution >= 0.6 is 23.2 Å². The lowest BCUT2D eigenvalue weighted by Gasteiger charge is -2.42. The highest BCUT2D eigenvalue weighted by atomic mass is 35.5. The van der Waals surface area contributed by atoms with Gasteiger partial charge < -0.3 is 9.84 Å². The molecule has 5 nitrogen and oxygen atoms in total. The zero-order chi connectivity index (χ0) is 17.5. The molecule has 1 saturated carbocycles. The van der Waals surface area contributed by atoms with Gasteiger partial charge in [0.15, 0.2) is 6.04 Å². The van der Waals surface area contributed by atoms with E-state index in [1.165, 1.54) is 23.1 Å². The average molecular weight is 372 g/mol. The number of hydrogen-bond acceptors (Lipinski definition) is 3. The number of hydrogen-bond donors (Lipinski definition) is 1. The molecule has 0 radical (unpaired) electrons. The Hall–Kier alpha value is -1.30. The van der Waals surface area contributed by atoms with Crippen LogP contribution in [0.2, 0.25) is 10.0 Å². The second-order valence-corrected chi connectivity index (χ2v) is 7.50. The molecule has 1 aromatic rings. The Bertz CT molecular complexity index is 650. The van der Waals surface area contributed by atoms with Gasteiger partial charge in [0.25, 0.3) is 5.91 Å². The molecule has 2 aliphatic rings. The molecule has 1 aliphatic carbocycles. The Kier molecular flexibility index (Phi) is 4.78. The van der Waals surface area contributed by atoms with Crippen LogP contribution in [0.15, 0.2) is 18.2 Å². The van der Waals surface area contributed by atoms with Gasteiger partial charge in [-0.2, -0.15) is 0 Å². The Labute approximate surface area is 150 Å². The summed E-state index contributed by atoms with van der Waals surface area (Å²) in [6, 6.07) is 3.55. The number of carboxylic acid groups (broad SMARTS) is 1. The van der Waals surface area contributed by atoms with Crippen molar-refractivity contribution < 1.29 is 19.4 Å². The smallest absolute Gasteiger partial charge is 0.328 e. The van der Waals surface area contributed by atoms with Gasteiger partial charge in [0.05, 0.1) is 6.61 Å². The van der Waals surface area contributed by atoms with Crippen molar-refractivity contribution >= 4 is 35.1 Å². The maximum Gasteiger partial charge on any atom is 0.328 e. The zero-order valence-electron chi connectivity index (χ0n) is 13.3. The van der Waals surface area contributed by atoms with Crippen LogP contribution in [0.3, 0.4) is 0 Å². The first-order valence-corrected chi connectivity index (χ1v) is 8.74. The van der Waals surface area contributed by atoms with Crippen LogP contribution in [0, 0.1) is 5.92 Å². The molecule has 1 saturated heterocycles. The summed E-state index contributed by atoms with van der Waals surface area (Å²) in [6.45, 7) is 2.16. The second kappa shape index (κ2) is 6.54. The molecule has 2 fully saturated rings. The van der Waals surface area contributed by atoms with Gasteiger partial charge in [0.2, 0.25) is 0 Å². The van der Waals surface area contributed by atoms with Crippen LogP contribution in [0.5, 0.6) is 0 Å². The van der Waals surface area contributed by atoms with E-state index in [4.69, 9.17) is 27.9 Å². The molecule has 1 aliphatic heterocycles. The van der Waals surface area contributed by atoms with Crippen molar-refractivity contribution in [1.29, 1.82) is 0 Å². The average Bonchev–Trinajstić information content (AvgIpc) is 2.88. The molecule has 0 aromatic heterocycles. The van der Waals surface area contributed by atoms with Crippen molar-refractivity contribution in [2.24, 2.45) is 5.92 Å². The van der Waals surface area contributed by atoms with Crippen molar-refractivity contribution in [2.75, 3.05) is 6.61 Å². The summed E-state index contributed by atoms with van der Waals surface area (Å²) in [4.78, 5) is 26.1. The first-order chi connectivity index (χ1) is 11.3. The number of nitrogens with zero attached hydrogens (tertiary/aromatic N) is 1. The third kappa shape index (κ3) is 3.13. The molecule has 7 heteroatoms. The Morgan fingerprint density at radius 3 is 2.33 bits per heavy atom. The van der Waals surface area contributed by atoms with E-state index in [1.807, 2.05) is 0 Å². The van der Waals surface area contributed by atoms with Crippen molar-refractivity contribution in [2.45, 2.75) is 44.4 Å². The van der Waals surface area contributed by atoms with Crippen LogP contribution in [-0.4, -0.2) is 40.3 Å². The number of carbonyl (C=O) groups is 2. The van der Waals surface area contributed by atoms with E-state index >= 15 is 0 Å². The van der Waals surface area contributed by atoms with Gasteiger partial charge >= 0.3 is 5.97 Å². The molecule has 1 amide bonds. The molecule has 1 heterocycles. The molecule has 1 aromatic carbocycles. The standard InChI is InChI=1S/C17H19Cl2NO4/c1-10-2-4-17(5-3-10)20(14(9-24-17)16(22)23)15(21)11-6-12(18)8-13(19)7-11/h6-8,10,14H,2-5,9H2,1H3,(H,22,23)/t10?,14-,17?/m1/s1. The maximum absolute atomic E-state index is 13.1. The Morgan fingerprint density at radius 1 is 1.21 bits per heavy atom. The normalized spacial score (nSPS) is 29.9. The van der Waals surface area contributed by atoms with E-state index in [2.05, 4.69) is 6.92 Å². The Balaban J connectivity index is 1.98. The fourth-order valence-corrected chi connectivity index (χ4v) is 4.11. The highest BCUT2D eigenvalue weighted by molar-refractivity contribution is 6.35. The van der Waals surface area contributed by atoms with E-state index in [0.29, 0.717) is 28.8 Å². The van der Waals surface area contributed by atoms with Crippen LogP contribution in [0.25, 0.3) is 0 Å². The summed E-state index contributed by atoms with van der Waals surface area (Å²) < 4.78 is 5.88. The van der Waals surface area contributed by atoms with Gasteiger partial charge in [-0.1, -0.05) is 30.1 Å². The van der Waals surface area contributed by atoms with Crippen LogP contribution < -0.4 is 0 Å². The van der Waals surface area contributed by atoms with Crippen molar-refractivity contribution in [3.63, 3.8) is 0 Å². The molecule has 130 valence electrons. The quantitative estimate of drug-likeness (QED) is 0.857. The maximum atomic E-state index is 13.1. The van der Waals surface area contributed by atoms with E-state index < -0.39 is 23.6 Å². The minimum atomic E-state index is -1.06. The van der Waals surface area contributed by atoms with E-state index in [-0.39, 0.29) is 12.2 Å². The van der Waals surface area contributed by atoms with E-state index in [9.17, 15) is 14.7 Å². The largest absolute Gasteiger partial charge is 0.480 e. The van der Waals surface area contributed by atoms with Gasteiger partial charge in [-0.05, 0) is 49.8 Å². The minimum Gasteiger partial charge on any atom is -0.480 e. The fourth-order valence-electron chi connectivity index (χ4n) is 3.59. The summed E-state index contributed by atoms with van der Waals surface area (Å²) in [5.41, 5.74) is -0.566. The lowest BCUT2D eigenvalue weighted by Crippen LogP contribution is -2.55. The molecule has 24 heavy (non-hydrogen) atoms. The summed E-state index contributed by atoms with van der Waals surface area (Å²) >= 11 is 12.0. The van der Waals surface area contributed by atoms with Gasteiger partial charge in [-0.25, -0.2) is 4.79 Å². The SMILES string of the molecule is CC1CCC2(CC1)OC[C@H](C(=O)O)N2C(=O)c1cc(Cl)cc(Cl)c1. The predicted molar refractivity (Wildman–Crippen MR) is 90.4 cm³/mol. The summed E-state index contributed by atoms with van der Waals surface area (Å²) in [5.74, 6) is -0.925. The number of halogens is 2. The summed E-state index contributed by atoms with van der Waals surface area (Å²) in [6.07, 6.45) is 3.06. The lowest BCUT2D eigenvalue weighted by atomic mass is 9.83. The zero-order valence-corrected chi connectivity index (χ0v) is 14.8. The topological polar surface area (TPSA) is 66.8 Å². The molecular weight excluding hydrogens is 353 g/mol. The minimum absolute atomic E-state index is 0.00372. The predicted octanol–water partition coefficient (Wildman–Crippen LogP) is 3.83. The number of aliphatic carboxylic acids is 1. The molecular formula is C17H19Cl2NO4. The van der Waals surface area contributed by atoms with E-state index in [1.54, 1.807) is 0 Å². The lowest BCUT2D eigenvalue weighted by molar-refractivity contribution is -0.143. The van der Waals surface area contributed by atoms with Crippen LogP contribution in [0.4, 0.5) is 0 Å². The molecule has 1 N–H and O–H groups in total. The monoisotopic (exact) mass is 371 g/mol. The van der Waals surface area contributed by atoms with Gasteiger partial charge in [0.1, 0.15) is 5.72 Å². The highest BCUT2D eigenvalue weighted by Crippen LogP contribution is 2.43. The number of benzene rings is 1. The fraction of sp³-hybridized carbons (Fsp3) is 0.529. The third-order valence-corrected chi connectivity index (χ3v) is 5.37. The first kappa shape index (κ1) is 17.5. The highest BCUT2D eigenvalue weighted by Gasteiger charge is 2.53. The number of amides is 1. The molecule has 0 bridgehead atoms. The van der Waals surface area contributed by atoms with Gasteiger partial charge in [-0.15, -0.1) is 0 Å². The number of rotatable bonds is 2. The van der Waals surface area contributed by atoms with E-state index in [0.717, 1.165) is 12.8 Å². The van der Waals surface area contributed by atoms with Gasteiger partial charge in [0, 0.05) is 15.6 Å². The molecule has 1 atom stereocenters. The molecule has 1 spiro atoms. The van der Waals surface area contributed by atoms with Crippen LogP contribution in [0.1, 0.15) is 43.0 Å². The first-order valence-electron chi connectivity index (χ1n) is 7.99. The van der Waals surface area contributed by atoms with Crippen LogP contribution in [-0.2, 0) is 9.53 Å². The Morgan fingerprint density at radius 2 is 1.79 bits per heavy atom. The van der Waals surface area contributed by atoms with Gasteiger partial charge in [-0.3, -0.25) is 9.69 Å². The second-order valence-electron chi connectivity index (χ2n) is 6.63. The van der Waals surface area contributed by atoms with Crippen molar-refractivity contribution in [3.05, 3.63) is 33.8 Å². The number of carbonyl (C=O) groups excluding carboxylic acids is 1. The molecule has 0 unspecified atom stereocenters. The summed E-state index contributed by atoms with van der Waals surface area (Å²) in [5, 5.41) is 10.2. The molecule has 3 rings (SSSR count). The number of carboxylic acids is 1.